The maximum atomic E-state index is 13.2. The fraction of sp³-hybridized carbons (Fsp3) is 0.182. The molecule has 28 heavy (non-hydrogen) atoms. The lowest BCUT2D eigenvalue weighted by atomic mass is 9.98. The second kappa shape index (κ2) is 8.63. The van der Waals surface area contributed by atoms with Crippen LogP contribution in [0.1, 0.15) is 11.6 Å². The van der Waals surface area contributed by atoms with E-state index >= 15 is 0 Å². The van der Waals surface area contributed by atoms with Crippen molar-refractivity contribution in [1.82, 2.24) is 10.2 Å². The number of anilines is 1. The van der Waals surface area contributed by atoms with Gasteiger partial charge >= 0.3 is 11.8 Å². The molecule has 144 valence electrons. The van der Waals surface area contributed by atoms with Crippen LogP contribution in [0.25, 0.3) is 10.8 Å². The van der Waals surface area contributed by atoms with Crippen LogP contribution in [0, 0.1) is 5.82 Å². The van der Waals surface area contributed by atoms with Crippen LogP contribution >= 0.6 is 0 Å². The summed E-state index contributed by atoms with van der Waals surface area (Å²) in [7, 11) is 3.84. The number of hydrogen-bond donors (Lipinski definition) is 2. The molecule has 2 N–H and O–H groups in total. The van der Waals surface area contributed by atoms with Crippen molar-refractivity contribution in [2.75, 3.05) is 26.0 Å². The number of carbonyl (C=O) groups is 2. The molecule has 0 aliphatic rings. The number of hydrogen-bond acceptors (Lipinski definition) is 3. The first-order valence-corrected chi connectivity index (χ1v) is 8.94. The molecular formula is C22H22FN3O2. The van der Waals surface area contributed by atoms with Gasteiger partial charge in [0.15, 0.2) is 0 Å². The predicted octanol–water partition coefficient (Wildman–Crippen LogP) is 3.34. The first kappa shape index (κ1) is 19.5. The molecule has 3 aromatic carbocycles. The average molecular weight is 379 g/mol. The van der Waals surface area contributed by atoms with Gasteiger partial charge in [-0.1, -0.05) is 48.5 Å². The molecule has 0 saturated heterocycles. The highest BCUT2D eigenvalue weighted by molar-refractivity contribution is 6.39. The highest BCUT2D eigenvalue weighted by Gasteiger charge is 2.20. The Hall–Kier alpha value is -3.25. The van der Waals surface area contributed by atoms with Gasteiger partial charge in [0, 0.05) is 12.2 Å². The average Bonchev–Trinajstić information content (AvgIpc) is 2.68. The largest absolute Gasteiger partial charge is 0.346 e. The predicted molar refractivity (Wildman–Crippen MR) is 108 cm³/mol. The molecule has 6 heteroatoms. The molecule has 0 aliphatic carbocycles. The lowest BCUT2D eigenvalue weighted by Gasteiger charge is -2.26. The van der Waals surface area contributed by atoms with Gasteiger partial charge in [0.25, 0.3) is 0 Å². The summed E-state index contributed by atoms with van der Waals surface area (Å²) in [6.45, 7) is 0.260. The Morgan fingerprint density at radius 3 is 2.43 bits per heavy atom. The molecule has 2 amide bonds. The summed E-state index contributed by atoms with van der Waals surface area (Å²) in [4.78, 5) is 26.3. The lowest BCUT2D eigenvalue weighted by Crippen LogP contribution is -2.40. The van der Waals surface area contributed by atoms with Gasteiger partial charge in [0.05, 0.1) is 6.04 Å². The Morgan fingerprint density at radius 2 is 1.68 bits per heavy atom. The zero-order valence-corrected chi connectivity index (χ0v) is 15.8. The van der Waals surface area contributed by atoms with E-state index in [-0.39, 0.29) is 18.3 Å². The van der Waals surface area contributed by atoms with Gasteiger partial charge in [0.2, 0.25) is 0 Å². The highest BCUT2D eigenvalue weighted by atomic mass is 19.1. The van der Waals surface area contributed by atoms with Crippen LogP contribution in [-0.2, 0) is 9.59 Å². The zero-order chi connectivity index (χ0) is 20.1. The quantitative estimate of drug-likeness (QED) is 0.669. The molecule has 0 radical (unpaired) electrons. The van der Waals surface area contributed by atoms with E-state index < -0.39 is 17.6 Å². The first-order valence-electron chi connectivity index (χ1n) is 8.94. The van der Waals surface area contributed by atoms with Crippen molar-refractivity contribution in [1.29, 1.82) is 0 Å². The van der Waals surface area contributed by atoms with Gasteiger partial charge in [0.1, 0.15) is 5.82 Å². The van der Waals surface area contributed by atoms with Gasteiger partial charge in [-0.05, 0) is 48.6 Å². The maximum absolute atomic E-state index is 13.2. The molecular weight excluding hydrogens is 357 g/mol. The van der Waals surface area contributed by atoms with E-state index in [1.165, 1.54) is 18.2 Å². The third-order valence-corrected chi connectivity index (χ3v) is 4.55. The Labute approximate surface area is 163 Å². The van der Waals surface area contributed by atoms with Gasteiger partial charge in [-0.25, -0.2) is 4.39 Å². The molecule has 0 saturated carbocycles. The number of nitrogens with zero attached hydrogens (tertiary/aromatic N) is 1. The molecule has 0 aliphatic heterocycles. The molecule has 0 bridgehead atoms. The van der Waals surface area contributed by atoms with Crippen LogP contribution in [0.3, 0.4) is 0 Å². The van der Waals surface area contributed by atoms with Crippen LogP contribution in [0.5, 0.6) is 0 Å². The standard InChI is InChI=1S/C22H22FN3O2/c1-26(2)20(19-12-5-8-15-7-3-4-11-18(15)19)14-24-21(27)22(28)25-17-10-6-9-16(23)13-17/h3-13,20H,14H2,1-2H3,(H,24,27)(H,25,28)/t20-/m1/s1. The molecule has 3 rings (SSSR count). The minimum atomic E-state index is -0.832. The number of rotatable bonds is 5. The van der Waals surface area contributed by atoms with E-state index in [0.717, 1.165) is 22.4 Å². The minimum absolute atomic E-state index is 0.114. The lowest BCUT2D eigenvalue weighted by molar-refractivity contribution is -0.136. The number of amides is 2. The number of fused-ring (bicyclic) bond motifs is 1. The Balaban J connectivity index is 1.71. The molecule has 3 aromatic rings. The summed E-state index contributed by atoms with van der Waals surface area (Å²) in [5, 5.41) is 7.29. The van der Waals surface area contributed by atoms with E-state index in [1.807, 2.05) is 61.5 Å². The summed E-state index contributed by atoms with van der Waals surface area (Å²) in [6.07, 6.45) is 0. The van der Waals surface area contributed by atoms with Crippen molar-refractivity contribution in [3.05, 3.63) is 78.1 Å². The number of halogens is 1. The third-order valence-electron chi connectivity index (χ3n) is 4.55. The number of benzene rings is 3. The summed E-state index contributed by atoms with van der Waals surface area (Å²) >= 11 is 0. The van der Waals surface area contributed by atoms with E-state index in [9.17, 15) is 14.0 Å². The van der Waals surface area contributed by atoms with Crippen LogP contribution < -0.4 is 10.6 Å². The van der Waals surface area contributed by atoms with Crippen molar-refractivity contribution in [2.45, 2.75) is 6.04 Å². The van der Waals surface area contributed by atoms with E-state index in [1.54, 1.807) is 0 Å². The van der Waals surface area contributed by atoms with Gasteiger partial charge in [-0.15, -0.1) is 0 Å². The van der Waals surface area contributed by atoms with E-state index in [4.69, 9.17) is 0 Å². The first-order chi connectivity index (χ1) is 13.5. The number of carbonyl (C=O) groups excluding carboxylic acids is 2. The molecule has 0 unspecified atom stereocenters. The molecule has 5 nitrogen and oxygen atoms in total. The van der Waals surface area contributed by atoms with Gasteiger partial charge in [-0.3, -0.25) is 9.59 Å². The smallest absolute Gasteiger partial charge is 0.313 e. The summed E-state index contributed by atoms with van der Waals surface area (Å²) in [5.74, 6) is -2.08. The summed E-state index contributed by atoms with van der Waals surface area (Å²) < 4.78 is 13.2. The SMILES string of the molecule is CN(C)[C@H](CNC(=O)C(=O)Nc1cccc(F)c1)c1cccc2ccccc12. The van der Waals surface area contributed by atoms with Gasteiger partial charge < -0.3 is 15.5 Å². The molecule has 1 atom stereocenters. The summed E-state index contributed by atoms with van der Waals surface area (Å²) in [5.41, 5.74) is 1.30. The van der Waals surface area contributed by atoms with Crippen LogP contribution in [0.15, 0.2) is 66.7 Å². The topological polar surface area (TPSA) is 61.4 Å². The molecule has 0 heterocycles. The van der Waals surface area contributed by atoms with Crippen molar-refractivity contribution >= 4 is 28.3 Å². The number of nitrogens with one attached hydrogen (secondary N) is 2. The highest BCUT2D eigenvalue weighted by Crippen LogP contribution is 2.26. The third kappa shape index (κ3) is 4.53. The molecule has 0 spiro atoms. The zero-order valence-electron chi connectivity index (χ0n) is 15.8. The maximum Gasteiger partial charge on any atom is 0.313 e. The van der Waals surface area contributed by atoms with E-state index in [0.29, 0.717) is 0 Å². The van der Waals surface area contributed by atoms with Crippen molar-refractivity contribution in [2.24, 2.45) is 0 Å². The Bertz CT molecular complexity index is 998. The minimum Gasteiger partial charge on any atom is -0.346 e. The summed E-state index contributed by atoms with van der Waals surface area (Å²) in [6, 6.07) is 19.4. The van der Waals surface area contributed by atoms with Crippen LogP contribution in [0.4, 0.5) is 10.1 Å². The Morgan fingerprint density at radius 1 is 0.964 bits per heavy atom. The van der Waals surface area contributed by atoms with Crippen LogP contribution in [-0.4, -0.2) is 37.4 Å². The second-order valence-electron chi connectivity index (χ2n) is 6.72. The molecule has 0 fully saturated rings. The number of likely N-dealkylation sites (N-methyl/N-ethyl adjacent to an activating group) is 1. The Kier molecular flexibility index (Phi) is 6.01. The van der Waals surface area contributed by atoms with Crippen molar-refractivity contribution < 1.29 is 14.0 Å². The van der Waals surface area contributed by atoms with E-state index in [2.05, 4.69) is 10.6 Å². The monoisotopic (exact) mass is 379 g/mol. The van der Waals surface area contributed by atoms with Gasteiger partial charge in [-0.2, -0.15) is 0 Å². The fourth-order valence-electron chi connectivity index (χ4n) is 3.14. The van der Waals surface area contributed by atoms with Crippen LogP contribution in [0.2, 0.25) is 0 Å². The van der Waals surface area contributed by atoms with Crippen molar-refractivity contribution in [3.63, 3.8) is 0 Å². The van der Waals surface area contributed by atoms with Crippen molar-refractivity contribution in [3.8, 4) is 0 Å². The molecule has 0 aromatic heterocycles. The normalized spacial score (nSPS) is 12.0. The fourth-order valence-corrected chi connectivity index (χ4v) is 3.14. The second-order valence-corrected chi connectivity index (χ2v) is 6.72.